The number of carbonyl (C=O) groups excluding carboxylic acids is 1. The highest BCUT2D eigenvalue weighted by Crippen LogP contribution is 2.42. The van der Waals surface area contributed by atoms with Crippen molar-refractivity contribution in [2.24, 2.45) is 11.3 Å². The molecule has 0 bridgehead atoms. The Balaban J connectivity index is 1.22. The highest BCUT2D eigenvalue weighted by molar-refractivity contribution is 5.76. The van der Waals surface area contributed by atoms with Crippen LogP contribution in [0.5, 0.6) is 0 Å². The smallest absolute Gasteiger partial charge is 0.317 e. The van der Waals surface area contributed by atoms with Gasteiger partial charge in [0, 0.05) is 50.7 Å². The van der Waals surface area contributed by atoms with Crippen molar-refractivity contribution in [2.45, 2.75) is 38.5 Å². The number of hydrogen-bond donors (Lipinski definition) is 1. The number of aromatic nitrogens is 1. The standard InChI is InChI=1S/C22H32N4O3/c27-20(15-18-3-10-24(11-4-18)16-21(28)29)25-12-5-22(6-13-25)7-14-26(17-22)19-1-8-23-9-2-19/h1-2,8-9,18H,3-7,10-17H2,(H,28,29). The Morgan fingerprint density at radius 2 is 1.69 bits per heavy atom. The van der Waals surface area contributed by atoms with Crippen molar-refractivity contribution in [2.75, 3.05) is 50.7 Å². The van der Waals surface area contributed by atoms with Gasteiger partial charge < -0.3 is 14.9 Å². The molecule has 3 aliphatic heterocycles. The fourth-order valence-corrected chi connectivity index (χ4v) is 5.26. The van der Waals surface area contributed by atoms with Gasteiger partial charge in [0.05, 0.1) is 6.54 Å². The summed E-state index contributed by atoms with van der Waals surface area (Å²) in [5.74, 6) is -0.0752. The number of nitrogens with zero attached hydrogens (tertiary/aromatic N) is 4. The van der Waals surface area contributed by atoms with Crippen LogP contribution in [0.3, 0.4) is 0 Å². The Labute approximate surface area is 172 Å². The third-order valence-corrected chi connectivity index (χ3v) is 7.17. The Morgan fingerprint density at radius 3 is 2.34 bits per heavy atom. The zero-order valence-electron chi connectivity index (χ0n) is 17.1. The molecule has 0 aliphatic carbocycles. The van der Waals surface area contributed by atoms with Crippen LogP contribution in [0.15, 0.2) is 24.5 Å². The van der Waals surface area contributed by atoms with Gasteiger partial charge in [-0.1, -0.05) is 0 Å². The average Bonchev–Trinajstić information content (AvgIpc) is 3.14. The molecule has 1 N–H and O–H groups in total. The van der Waals surface area contributed by atoms with E-state index >= 15 is 0 Å². The van der Waals surface area contributed by atoms with Gasteiger partial charge in [0.2, 0.25) is 5.91 Å². The van der Waals surface area contributed by atoms with Crippen LogP contribution >= 0.6 is 0 Å². The Hall–Kier alpha value is -2.15. The highest BCUT2D eigenvalue weighted by atomic mass is 16.4. The number of anilines is 1. The third-order valence-electron chi connectivity index (χ3n) is 7.17. The monoisotopic (exact) mass is 400 g/mol. The molecule has 1 aromatic heterocycles. The first-order valence-corrected chi connectivity index (χ1v) is 10.9. The molecule has 4 rings (SSSR count). The van der Waals surface area contributed by atoms with Crippen LogP contribution in [-0.4, -0.2) is 77.6 Å². The molecule has 0 atom stereocenters. The maximum atomic E-state index is 12.8. The zero-order chi connectivity index (χ0) is 20.3. The molecule has 1 amide bonds. The van der Waals surface area contributed by atoms with Crippen LogP contribution in [-0.2, 0) is 9.59 Å². The number of pyridine rings is 1. The molecule has 0 radical (unpaired) electrons. The molecular formula is C22H32N4O3. The lowest BCUT2D eigenvalue weighted by atomic mass is 9.77. The van der Waals surface area contributed by atoms with E-state index < -0.39 is 5.97 Å². The molecule has 1 aromatic rings. The van der Waals surface area contributed by atoms with Gasteiger partial charge in [-0.15, -0.1) is 0 Å². The van der Waals surface area contributed by atoms with Gasteiger partial charge in [0.25, 0.3) is 0 Å². The molecule has 7 nitrogen and oxygen atoms in total. The van der Waals surface area contributed by atoms with E-state index in [0.717, 1.165) is 65.0 Å². The minimum absolute atomic E-state index is 0.116. The van der Waals surface area contributed by atoms with Gasteiger partial charge >= 0.3 is 5.97 Å². The van der Waals surface area contributed by atoms with Crippen molar-refractivity contribution in [3.63, 3.8) is 0 Å². The Kier molecular flexibility index (Phi) is 6.04. The number of likely N-dealkylation sites (tertiary alicyclic amines) is 2. The number of carbonyl (C=O) groups is 2. The maximum Gasteiger partial charge on any atom is 0.317 e. The molecule has 3 fully saturated rings. The largest absolute Gasteiger partial charge is 0.480 e. The summed E-state index contributed by atoms with van der Waals surface area (Å²) in [5, 5.41) is 8.91. The number of hydrogen-bond acceptors (Lipinski definition) is 5. The van der Waals surface area contributed by atoms with E-state index in [1.54, 1.807) is 0 Å². The summed E-state index contributed by atoms with van der Waals surface area (Å²) in [6, 6.07) is 4.17. The summed E-state index contributed by atoms with van der Waals surface area (Å²) in [6.07, 6.45) is 9.59. The first kappa shape index (κ1) is 20.1. The quantitative estimate of drug-likeness (QED) is 0.816. The van der Waals surface area contributed by atoms with Crippen molar-refractivity contribution in [3.05, 3.63) is 24.5 Å². The maximum absolute atomic E-state index is 12.8. The average molecular weight is 401 g/mol. The summed E-state index contributed by atoms with van der Waals surface area (Å²) < 4.78 is 0. The predicted molar refractivity (Wildman–Crippen MR) is 111 cm³/mol. The zero-order valence-corrected chi connectivity index (χ0v) is 17.1. The summed E-state index contributed by atoms with van der Waals surface area (Å²) >= 11 is 0. The van der Waals surface area contributed by atoms with Crippen LogP contribution in [0.2, 0.25) is 0 Å². The molecule has 1 spiro atoms. The minimum atomic E-state index is -0.767. The molecular weight excluding hydrogens is 368 g/mol. The van der Waals surface area contributed by atoms with Crippen molar-refractivity contribution < 1.29 is 14.7 Å². The van der Waals surface area contributed by atoms with E-state index in [1.807, 2.05) is 17.3 Å². The van der Waals surface area contributed by atoms with Gasteiger partial charge in [-0.25, -0.2) is 0 Å². The van der Waals surface area contributed by atoms with E-state index in [-0.39, 0.29) is 6.54 Å². The lowest BCUT2D eigenvalue weighted by Crippen LogP contribution is -2.45. The molecule has 158 valence electrons. The van der Waals surface area contributed by atoms with Crippen molar-refractivity contribution in [1.82, 2.24) is 14.8 Å². The second-order valence-corrected chi connectivity index (χ2v) is 9.08. The summed E-state index contributed by atoms with van der Waals surface area (Å²) in [5.41, 5.74) is 1.60. The van der Waals surface area contributed by atoms with Crippen LogP contribution in [0.4, 0.5) is 5.69 Å². The van der Waals surface area contributed by atoms with E-state index in [1.165, 1.54) is 12.1 Å². The van der Waals surface area contributed by atoms with Crippen molar-refractivity contribution in [3.8, 4) is 0 Å². The molecule has 3 saturated heterocycles. The van der Waals surface area contributed by atoms with Crippen LogP contribution < -0.4 is 4.90 Å². The van der Waals surface area contributed by atoms with E-state index in [0.29, 0.717) is 23.7 Å². The van der Waals surface area contributed by atoms with Gasteiger partial charge in [-0.05, 0) is 68.7 Å². The highest BCUT2D eigenvalue weighted by Gasteiger charge is 2.41. The Morgan fingerprint density at radius 1 is 1.03 bits per heavy atom. The molecule has 0 saturated carbocycles. The van der Waals surface area contributed by atoms with Gasteiger partial charge in [-0.2, -0.15) is 0 Å². The number of amides is 1. The molecule has 4 heterocycles. The van der Waals surface area contributed by atoms with Crippen LogP contribution in [0.25, 0.3) is 0 Å². The first-order valence-electron chi connectivity index (χ1n) is 10.9. The number of carboxylic acids is 1. The second-order valence-electron chi connectivity index (χ2n) is 9.08. The molecule has 0 unspecified atom stereocenters. The van der Waals surface area contributed by atoms with E-state index in [2.05, 4.69) is 26.9 Å². The number of rotatable bonds is 5. The number of piperidine rings is 2. The third kappa shape index (κ3) is 4.89. The molecule has 29 heavy (non-hydrogen) atoms. The summed E-state index contributed by atoms with van der Waals surface area (Å²) in [7, 11) is 0. The minimum Gasteiger partial charge on any atom is -0.480 e. The second kappa shape index (κ2) is 8.69. The predicted octanol–water partition coefficient (Wildman–Crippen LogP) is 2.09. The van der Waals surface area contributed by atoms with Gasteiger partial charge in [-0.3, -0.25) is 19.5 Å². The fraction of sp³-hybridized carbons (Fsp3) is 0.682. The molecule has 0 aromatic carbocycles. The number of carboxylic acid groups (broad SMARTS) is 1. The first-order chi connectivity index (χ1) is 14.0. The van der Waals surface area contributed by atoms with Crippen LogP contribution in [0, 0.1) is 11.3 Å². The lowest BCUT2D eigenvalue weighted by molar-refractivity contribution is -0.139. The normalized spacial score (nSPS) is 22.9. The van der Waals surface area contributed by atoms with Crippen LogP contribution in [0.1, 0.15) is 38.5 Å². The summed E-state index contributed by atoms with van der Waals surface area (Å²) in [4.78, 5) is 34.3. The van der Waals surface area contributed by atoms with Crippen molar-refractivity contribution >= 4 is 17.6 Å². The molecule has 3 aliphatic rings. The lowest BCUT2D eigenvalue weighted by Gasteiger charge is -2.40. The van der Waals surface area contributed by atoms with E-state index in [4.69, 9.17) is 5.11 Å². The Bertz CT molecular complexity index is 710. The number of aliphatic carboxylic acids is 1. The van der Waals surface area contributed by atoms with E-state index in [9.17, 15) is 9.59 Å². The fourth-order valence-electron chi connectivity index (χ4n) is 5.26. The van der Waals surface area contributed by atoms with Gasteiger partial charge in [0.15, 0.2) is 0 Å². The van der Waals surface area contributed by atoms with Crippen molar-refractivity contribution in [1.29, 1.82) is 0 Å². The summed E-state index contributed by atoms with van der Waals surface area (Å²) in [6.45, 7) is 5.62. The topological polar surface area (TPSA) is 77.0 Å². The molecule has 7 heteroatoms. The van der Waals surface area contributed by atoms with Gasteiger partial charge in [0.1, 0.15) is 0 Å². The SMILES string of the molecule is O=C(O)CN1CCC(CC(=O)N2CCC3(CC2)CCN(c2ccncc2)C3)CC1.